The maximum absolute atomic E-state index is 13.5. The van der Waals surface area contributed by atoms with Crippen molar-refractivity contribution < 1.29 is 18.7 Å². The van der Waals surface area contributed by atoms with E-state index in [4.69, 9.17) is 16.3 Å². The molecule has 2 heterocycles. The lowest BCUT2D eigenvalue weighted by Gasteiger charge is -2.48. The topological polar surface area (TPSA) is 89.4 Å². The Bertz CT molecular complexity index is 1320. The van der Waals surface area contributed by atoms with Crippen LogP contribution in [0.3, 0.4) is 0 Å². The molecule has 1 aliphatic heterocycles. The Kier molecular flexibility index (Phi) is 8.13. The lowest BCUT2D eigenvalue weighted by molar-refractivity contribution is -0.143. The van der Waals surface area contributed by atoms with Crippen molar-refractivity contribution in [2.75, 3.05) is 19.6 Å². The predicted molar refractivity (Wildman–Crippen MR) is 146 cm³/mol. The van der Waals surface area contributed by atoms with Gasteiger partial charge in [0.15, 0.2) is 0 Å². The molecule has 1 saturated heterocycles. The molecule has 202 valence electrons. The maximum Gasteiger partial charge on any atom is 0.407 e. The second-order valence-electron chi connectivity index (χ2n) is 10.8. The highest BCUT2D eigenvalue weighted by Crippen LogP contribution is 2.34. The Morgan fingerprint density at radius 3 is 2.53 bits per heavy atom. The molecule has 1 fully saturated rings. The molecule has 38 heavy (non-hydrogen) atoms. The van der Waals surface area contributed by atoms with E-state index in [1.54, 1.807) is 48.6 Å². The summed E-state index contributed by atoms with van der Waals surface area (Å²) >= 11 is 9.52. The van der Waals surface area contributed by atoms with E-state index in [1.165, 1.54) is 12.1 Å². The fourth-order valence-corrected chi connectivity index (χ4v) is 4.82. The number of aromatic nitrogens is 3. The minimum absolute atomic E-state index is 0.0972. The molecular weight excluding hydrogens is 577 g/mol. The van der Waals surface area contributed by atoms with E-state index in [0.717, 1.165) is 21.4 Å². The van der Waals surface area contributed by atoms with Crippen molar-refractivity contribution in [3.63, 3.8) is 0 Å². The summed E-state index contributed by atoms with van der Waals surface area (Å²) < 4.78 is 21.2. The largest absolute Gasteiger partial charge is 0.444 e. The predicted octanol–water partition coefficient (Wildman–Crippen LogP) is 5.31. The zero-order valence-corrected chi connectivity index (χ0v) is 24.0. The van der Waals surface area contributed by atoms with Crippen LogP contribution in [0.25, 0.3) is 5.69 Å². The van der Waals surface area contributed by atoms with Gasteiger partial charge in [0, 0.05) is 29.5 Å². The highest BCUT2D eigenvalue weighted by Gasteiger charge is 2.46. The lowest BCUT2D eigenvalue weighted by atomic mass is 9.78. The second kappa shape index (κ2) is 11.0. The summed E-state index contributed by atoms with van der Waals surface area (Å²) in [4.78, 5) is 27.5. The molecule has 2 amide bonds. The molecule has 11 heteroatoms. The Morgan fingerprint density at radius 2 is 1.89 bits per heavy atom. The van der Waals surface area contributed by atoms with Crippen LogP contribution in [0.5, 0.6) is 0 Å². The Hall–Kier alpha value is -2.98. The van der Waals surface area contributed by atoms with E-state index in [0.29, 0.717) is 24.5 Å². The number of hydrogen-bond acceptors (Lipinski definition) is 5. The van der Waals surface area contributed by atoms with E-state index >= 15 is 0 Å². The van der Waals surface area contributed by atoms with Crippen molar-refractivity contribution in [1.82, 2.24) is 25.2 Å². The number of likely N-dealkylation sites (tertiary alicyclic amines) is 1. The monoisotopic (exact) mass is 605 g/mol. The van der Waals surface area contributed by atoms with Crippen LogP contribution in [-0.2, 0) is 21.4 Å². The highest BCUT2D eigenvalue weighted by molar-refractivity contribution is 9.10. The van der Waals surface area contributed by atoms with Crippen molar-refractivity contribution in [3.8, 4) is 5.69 Å². The number of carbonyl (C=O) groups excluding carboxylic acids is 2. The number of rotatable bonds is 7. The van der Waals surface area contributed by atoms with Gasteiger partial charge in [-0.05, 0) is 79.0 Å². The number of halogens is 3. The molecule has 2 aromatic carbocycles. The third-order valence-electron chi connectivity index (χ3n) is 6.31. The van der Waals surface area contributed by atoms with Gasteiger partial charge in [-0.15, -0.1) is 5.10 Å². The first-order valence-corrected chi connectivity index (χ1v) is 13.4. The minimum atomic E-state index is -0.653. The van der Waals surface area contributed by atoms with Crippen molar-refractivity contribution >= 4 is 39.5 Å². The average molecular weight is 607 g/mol. The van der Waals surface area contributed by atoms with Crippen LogP contribution >= 0.6 is 27.5 Å². The number of nitrogens with zero attached hydrogens (tertiary/aromatic N) is 4. The highest BCUT2D eigenvalue weighted by atomic mass is 79.9. The number of hydrogen-bond donors (Lipinski definition) is 1. The first-order chi connectivity index (χ1) is 17.8. The SMILES string of the molecule is CC(C)(C)OC(=O)NCC(Cc1ccc(F)cc1)C(=O)N1CC(C)(c2cn(-c3ccc(Cl)c(Br)c3)nn2)C1. The van der Waals surface area contributed by atoms with Gasteiger partial charge in [-0.2, -0.15) is 0 Å². The summed E-state index contributed by atoms with van der Waals surface area (Å²) in [5, 5.41) is 11.9. The molecule has 1 N–H and O–H groups in total. The van der Waals surface area contributed by atoms with E-state index in [-0.39, 0.29) is 23.7 Å². The molecule has 4 rings (SSSR count). The van der Waals surface area contributed by atoms with E-state index in [2.05, 4.69) is 31.6 Å². The second-order valence-corrected chi connectivity index (χ2v) is 12.1. The fourth-order valence-electron chi connectivity index (χ4n) is 4.34. The Morgan fingerprint density at radius 1 is 1.21 bits per heavy atom. The molecule has 1 atom stereocenters. The first kappa shape index (κ1) is 28.0. The lowest BCUT2D eigenvalue weighted by Crippen LogP contribution is -2.61. The zero-order valence-electron chi connectivity index (χ0n) is 21.7. The summed E-state index contributed by atoms with van der Waals surface area (Å²) in [5.41, 5.74) is 1.37. The number of alkyl carbamates (subject to hydrolysis) is 1. The molecule has 1 aromatic heterocycles. The molecular formula is C27H30BrClFN5O3. The van der Waals surface area contributed by atoms with Crippen LogP contribution in [0, 0.1) is 11.7 Å². The van der Waals surface area contributed by atoms with Gasteiger partial charge in [-0.25, -0.2) is 13.9 Å². The van der Waals surface area contributed by atoms with Crippen LogP contribution in [0.4, 0.5) is 9.18 Å². The van der Waals surface area contributed by atoms with Crippen molar-refractivity contribution in [3.05, 3.63) is 75.2 Å². The van der Waals surface area contributed by atoms with Crippen molar-refractivity contribution in [2.45, 2.75) is 45.1 Å². The molecule has 0 bridgehead atoms. The third-order valence-corrected chi connectivity index (χ3v) is 7.52. The number of carbonyl (C=O) groups is 2. The van der Waals surface area contributed by atoms with E-state index < -0.39 is 17.6 Å². The van der Waals surface area contributed by atoms with Crippen LogP contribution in [-0.4, -0.2) is 57.1 Å². The van der Waals surface area contributed by atoms with Crippen LogP contribution < -0.4 is 5.32 Å². The third kappa shape index (κ3) is 6.71. The smallest absolute Gasteiger partial charge is 0.407 e. The zero-order chi connectivity index (χ0) is 27.7. The van der Waals surface area contributed by atoms with E-state index in [1.807, 2.05) is 25.3 Å². The molecule has 0 spiro atoms. The summed E-state index contributed by atoms with van der Waals surface area (Å²) in [6.07, 6.45) is 1.62. The maximum atomic E-state index is 13.5. The van der Waals surface area contributed by atoms with Gasteiger partial charge in [0.25, 0.3) is 0 Å². The van der Waals surface area contributed by atoms with Crippen molar-refractivity contribution in [1.29, 1.82) is 0 Å². The molecule has 3 aromatic rings. The van der Waals surface area contributed by atoms with Gasteiger partial charge in [-0.1, -0.05) is 35.9 Å². The molecule has 1 aliphatic rings. The van der Waals surface area contributed by atoms with Gasteiger partial charge >= 0.3 is 6.09 Å². The van der Waals surface area contributed by atoms with Gasteiger partial charge in [0.2, 0.25) is 5.91 Å². The van der Waals surface area contributed by atoms with Crippen LogP contribution in [0.1, 0.15) is 39.0 Å². The van der Waals surface area contributed by atoms with Gasteiger partial charge in [0.05, 0.1) is 28.5 Å². The summed E-state index contributed by atoms with van der Waals surface area (Å²) in [7, 11) is 0. The number of ether oxygens (including phenoxy) is 1. The molecule has 0 aliphatic carbocycles. The van der Waals surface area contributed by atoms with E-state index in [9.17, 15) is 14.0 Å². The fraction of sp³-hybridized carbons (Fsp3) is 0.407. The normalized spacial score (nSPS) is 15.5. The summed E-state index contributed by atoms with van der Waals surface area (Å²) in [6, 6.07) is 11.5. The minimum Gasteiger partial charge on any atom is -0.444 e. The standard InChI is InChI=1S/C27H30BrClFN5O3/c1-26(2,3)38-25(37)31-13-18(11-17-5-7-19(30)8-6-17)24(36)34-15-27(4,16-34)23-14-35(33-32-23)20-9-10-22(29)21(28)12-20/h5-10,12,14,18H,11,13,15-16H2,1-4H3,(H,31,37). The summed E-state index contributed by atoms with van der Waals surface area (Å²) in [6.45, 7) is 8.38. The van der Waals surface area contributed by atoms with Gasteiger partial charge in [0.1, 0.15) is 11.4 Å². The van der Waals surface area contributed by atoms with Crippen molar-refractivity contribution in [2.24, 2.45) is 5.92 Å². The van der Waals surface area contributed by atoms with Crippen LogP contribution in [0.15, 0.2) is 53.1 Å². The molecule has 0 radical (unpaired) electrons. The van der Waals surface area contributed by atoms with Gasteiger partial charge < -0.3 is 15.0 Å². The molecule has 0 saturated carbocycles. The first-order valence-electron chi connectivity index (χ1n) is 12.2. The molecule has 8 nitrogen and oxygen atoms in total. The average Bonchev–Trinajstić information content (AvgIpc) is 3.32. The number of amides is 2. The Labute approximate surface area is 234 Å². The number of benzene rings is 2. The summed E-state index contributed by atoms with van der Waals surface area (Å²) in [5.74, 6) is -0.988. The Balaban J connectivity index is 1.44. The van der Waals surface area contributed by atoms with Gasteiger partial charge in [-0.3, -0.25) is 4.79 Å². The molecule has 1 unspecified atom stereocenters. The van der Waals surface area contributed by atoms with Crippen LogP contribution in [0.2, 0.25) is 5.02 Å². The quantitative estimate of drug-likeness (QED) is 0.394. The number of nitrogens with one attached hydrogen (secondary N) is 1.